The Kier molecular flexibility index (Phi) is 4.34. The second-order valence-corrected chi connectivity index (χ2v) is 5.29. The van der Waals surface area contributed by atoms with E-state index in [0.717, 1.165) is 37.5 Å². The Hall–Kier alpha value is -2.40. The molecular formula is C17H19N3O2. The van der Waals surface area contributed by atoms with Gasteiger partial charge in [-0.3, -0.25) is 9.69 Å². The number of amides is 1. The number of oxazole rings is 1. The summed E-state index contributed by atoms with van der Waals surface area (Å²) in [6, 6.07) is 9.94. The smallest absolute Gasteiger partial charge is 0.246 e. The number of hydrogen-bond donors (Lipinski definition) is 0. The minimum atomic E-state index is 0.00198. The third kappa shape index (κ3) is 3.26. The van der Waals surface area contributed by atoms with Gasteiger partial charge in [0.05, 0.1) is 12.7 Å². The van der Waals surface area contributed by atoms with Gasteiger partial charge in [0.15, 0.2) is 5.76 Å². The van der Waals surface area contributed by atoms with Crippen LogP contribution in [-0.2, 0) is 11.3 Å². The number of nitrogens with zero attached hydrogens (tertiary/aromatic N) is 3. The number of piperazine rings is 1. The van der Waals surface area contributed by atoms with Crippen molar-refractivity contribution >= 4 is 5.91 Å². The molecule has 0 spiro atoms. The maximum absolute atomic E-state index is 11.6. The first-order valence-corrected chi connectivity index (χ1v) is 7.40. The molecule has 22 heavy (non-hydrogen) atoms. The SMILES string of the molecule is C=CC(=O)N1CCN(Cc2ncc(-c3ccccc3)o2)CC1. The molecule has 114 valence electrons. The second kappa shape index (κ2) is 6.58. The molecule has 1 fully saturated rings. The number of carbonyl (C=O) groups is 1. The van der Waals surface area contributed by atoms with Crippen LogP contribution in [-0.4, -0.2) is 46.9 Å². The van der Waals surface area contributed by atoms with Crippen LogP contribution in [0.5, 0.6) is 0 Å². The Morgan fingerprint density at radius 2 is 1.95 bits per heavy atom. The molecule has 0 radical (unpaired) electrons. The first-order chi connectivity index (χ1) is 10.8. The predicted molar refractivity (Wildman–Crippen MR) is 84.0 cm³/mol. The summed E-state index contributed by atoms with van der Waals surface area (Å²) in [5.41, 5.74) is 1.03. The highest BCUT2D eigenvalue weighted by atomic mass is 16.4. The van der Waals surface area contributed by atoms with Crippen LogP contribution in [0.2, 0.25) is 0 Å². The van der Waals surface area contributed by atoms with Crippen LogP contribution < -0.4 is 0 Å². The molecule has 0 aliphatic carbocycles. The van der Waals surface area contributed by atoms with E-state index in [9.17, 15) is 4.79 Å². The van der Waals surface area contributed by atoms with E-state index >= 15 is 0 Å². The highest BCUT2D eigenvalue weighted by Gasteiger charge is 2.20. The molecule has 2 aromatic rings. The average Bonchev–Trinajstić information content (AvgIpc) is 3.04. The first kappa shape index (κ1) is 14.5. The quantitative estimate of drug-likeness (QED) is 0.812. The molecule has 3 rings (SSSR count). The van der Waals surface area contributed by atoms with Crippen LogP contribution in [0.25, 0.3) is 11.3 Å². The Balaban J connectivity index is 1.58. The zero-order valence-corrected chi connectivity index (χ0v) is 12.4. The number of carbonyl (C=O) groups excluding carboxylic acids is 1. The van der Waals surface area contributed by atoms with Crippen molar-refractivity contribution in [3.8, 4) is 11.3 Å². The summed E-state index contributed by atoms with van der Waals surface area (Å²) in [6.07, 6.45) is 3.14. The molecule has 1 aliphatic rings. The van der Waals surface area contributed by atoms with Crippen LogP contribution in [0.4, 0.5) is 0 Å². The van der Waals surface area contributed by atoms with Gasteiger partial charge in [0.25, 0.3) is 0 Å². The third-order valence-corrected chi connectivity index (χ3v) is 3.83. The van der Waals surface area contributed by atoms with Crippen LogP contribution in [0.15, 0.2) is 53.6 Å². The number of hydrogen-bond acceptors (Lipinski definition) is 4. The van der Waals surface area contributed by atoms with E-state index in [1.807, 2.05) is 35.2 Å². The van der Waals surface area contributed by atoms with E-state index in [1.165, 1.54) is 6.08 Å². The molecule has 0 bridgehead atoms. The minimum absolute atomic E-state index is 0.00198. The number of benzene rings is 1. The second-order valence-electron chi connectivity index (χ2n) is 5.29. The fourth-order valence-corrected chi connectivity index (χ4v) is 2.57. The molecule has 1 aromatic heterocycles. The van der Waals surface area contributed by atoms with E-state index in [-0.39, 0.29) is 5.91 Å². The van der Waals surface area contributed by atoms with Crippen molar-refractivity contribution < 1.29 is 9.21 Å². The Morgan fingerprint density at radius 1 is 1.23 bits per heavy atom. The van der Waals surface area contributed by atoms with Gasteiger partial charge in [0.2, 0.25) is 11.8 Å². The van der Waals surface area contributed by atoms with Gasteiger partial charge in [-0.2, -0.15) is 0 Å². The molecular weight excluding hydrogens is 278 g/mol. The Labute approximate surface area is 129 Å². The lowest BCUT2D eigenvalue weighted by Crippen LogP contribution is -2.47. The maximum Gasteiger partial charge on any atom is 0.246 e. The van der Waals surface area contributed by atoms with Crippen molar-refractivity contribution in [3.05, 3.63) is 55.1 Å². The standard InChI is InChI=1S/C17H19N3O2/c1-2-17(21)20-10-8-19(9-11-20)13-16-18-12-15(22-16)14-6-4-3-5-7-14/h2-7,12H,1,8-11,13H2. The van der Waals surface area contributed by atoms with E-state index in [4.69, 9.17) is 4.42 Å². The highest BCUT2D eigenvalue weighted by molar-refractivity contribution is 5.87. The molecule has 1 aliphatic heterocycles. The van der Waals surface area contributed by atoms with Gasteiger partial charge in [-0.25, -0.2) is 4.98 Å². The summed E-state index contributed by atoms with van der Waals surface area (Å²) in [6.45, 7) is 7.28. The van der Waals surface area contributed by atoms with Crippen molar-refractivity contribution in [1.29, 1.82) is 0 Å². The normalized spacial score (nSPS) is 15.7. The monoisotopic (exact) mass is 297 g/mol. The zero-order chi connectivity index (χ0) is 15.4. The molecule has 0 unspecified atom stereocenters. The van der Waals surface area contributed by atoms with Gasteiger partial charge in [0.1, 0.15) is 0 Å². The molecule has 5 heteroatoms. The summed E-state index contributed by atoms with van der Waals surface area (Å²) in [5.74, 6) is 1.50. The molecule has 1 saturated heterocycles. The maximum atomic E-state index is 11.6. The topological polar surface area (TPSA) is 49.6 Å². The molecule has 1 aromatic carbocycles. The fourth-order valence-electron chi connectivity index (χ4n) is 2.57. The van der Waals surface area contributed by atoms with Gasteiger partial charge in [0, 0.05) is 31.7 Å². The summed E-state index contributed by atoms with van der Waals surface area (Å²) in [5, 5.41) is 0. The van der Waals surface area contributed by atoms with Gasteiger partial charge < -0.3 is 9.32 Å². The van der Waals surface area contributed by atoms with Crippen molar-refractivity contribution in [2.45, 2.75) is 6.54 Å². The average molecular weight is 297 g/mol. The summed E-state index contributed by atoms with van der Waals surface area (Å²) < 4.78 is 5.82. The summed E-state index contributed by atoms with van der Waals surface area (Å²) in [7, 11) is 0. The Morgan fingerprint density at radius 3 is 2.64 bits per heavy atom. The van der Waals surface area contributed by atoms with Gasteiger partial charge in [-0.05, 0) is 6.08 Å². The molecule has 5 nitrogen and oxygen atoms in total. The largest absolute Gasteiger partial charge is 0.439 e. The van der Waals surface area contributed by atoms with Crippen molar-refractivity contribution in [2.75, 3.05) is 26.2 Å². The lowest BCUT2D eigenvalue weighted by Gasteiger charge is -2.33. The van der Waals surface area contributed by atoms with Crippen LogP contribution in [0.3, 0.4) is 0 Å². The molecule has 0 saturated carbocycles. The highest BCUT2D eigenvalue weighted by Crippen LogP contribution is 2.20. The van der Waals surface area contributed by atoms with E-state index in [0.29, 0.717) is 12.4 Å². The van der Waals surface area contributed by atoms with E-state index < -0.39 is 0 Å². The van der Waals surface area contributed by atoms with Crippen molar-refractivity contribution in [3.63, 3.8) is 0 Å². The summed E-state index contributed by atoms with van der Waals surface area (Å²) >= 11 is 0. The predicted octanol–water partition coefficient (Wildman–Crippen LogP) is 2.17. The fraction of sp³-hybridized carbons (Fsp3) is 0.294. The Bertz CT molecular complexity index is 643. The van der Waals surface area contributed by atoms with Crippen LogP contribution in [0.1, 0.15) is 5.89 Å². The van der Waals surface area contributed by atoms with Gasteiger partial charge >= 0.3 is 0 Å². The van der Waals surface area contributed by atoms with E-state index in [1.54, 1.807) is 6.20 Å². The molecule has 0 atom stereocenters. The molecule has 0 N–H and O–H groups in total. The third-order valence-electron chi connectivity index (χ3n) is 3.83. The number of aromatic nitrogens is 1. The van der Waals surface area contributed by atoms with Crippen molar-refractivity contribution in [1.82, 2.24) is 14.8 Å². The van der Waals surface area contributed by atoms with Gasteiger partial charge in [-0.15, -0.1) is 0 Å². The van der Waals surface area contributed by atoms with Crippen LogP contribution >= 0.6 is 0 Å². The first-order valence-electron chi connectivity index (χ1n) is 7.40. The lowest BCUT2D eigenvalue weighted by molar-refractivity contribution is -0.127. The lowest BCUT2D eigenvalue weighted by atomic mass is 10.2. The zero-order valence-electron chi connectivity index (χ0n) is 12.4. The van der Waals surface area contributed by atoms with Crippen molar-refractivity contribution in [2.24, 2.45) is 0 Å². The van der Waals surface area contributed by atoms with Crippen LogP contribution in [0, 0.1) is 0 Å². The van der Waals surface area contributed by atoms with E-state index in [2.05, 4.69) is 16.5 Å². The molecule has 1 amide bonds. The number of rotatable bonds is 4. The minimum Gasteiger partial charge on any atom is -0.439 e. The van der Waals surface area contributed by atoms with Gasteiger partial charge in [-0.1, -0.05) is 36.9 Å². The summed E-state index contributed by atoms with van der Waals surface area (Å²) in [4.78, 5) is 20.0. The molecule has 2 heterocycles.